The van der Waals surface area contributed by atoms with E-state index in [9.17, 15) is 14.7 Å². The van der Waals surface area contributed by atoms with E-state index >= 15 is 0 Å². The minimum Gasteiger partial charge on any atom is -0.507 e. The van der Waals surface area contributed by atoms with Crippen LogP contribution in [0.4, 0.5) is 5.69 Å². The Kier molecular flexibility index (Phi) is 5.06. The first-order valence-electron chi connectivity index (χ1n) is 10.9. The molecule has 1 amide bonds. The highest BCUT2D eigenvalue weighted by atomic mass is 16.3. The minimum absolute atomic E-state index is 0.0994. The SMILES string of the molecule is Cc1cccc(N2C(=O)C(=O)/C(=C(\O)c3ccc4ccccc4c3)C2c2ccccc2)c1C. The molecule has 4 aromatic carbocycles. The Bertz CT molecular complexity index is 1440. The van der Waals surface area contributed by atoms with Crippen LogP contribution in [0, 0.1) is 13.8 Å². The van der Waals surface area contributed by atoms with Gasteiger partial charge in [0.2, 0.25) is 0 Å². The first kappa shape index (κ1) is 20.7. The normalized spacial score (nSPS) is 17.6. The van der Waals surface area contributed by atoms with Gasteiger partial charge in [0.1, 0.15) is 5.76 Å². The van der Waals surface area contributed by atoms with E-state index < -0.39 is 17.7 Å². The molecule has 0 bridgehead atoms. The van der Waals surface area contributed by atoms with Crippen LogP contribution < -0.4 is 4.90 Å². The van der Waals surface area contributed by atoms with Crippen LogP contribution in [0.3, 0.4) is 0 Å². The predicted molar refractivity (Wildman–Crippen MR) is 131 cm³/mol. The molecule has 1 aliphatic rings. The van der Waals surface area contributed by atoms with Crippen molar-refractivity contribution in [3.05, 3.63) is 119 Å². The summed E-state index contributed by atoms with van der Waals surface area (Å²) in [4.78, 5) is 28.2. The molecule has 1 unspecified atom stereocenters. The number of hydrogen-bond acceptors (Lipinski definition) is 3. The van der Waals surface area contributed by atoms with E-state index in [1.54, 1.807) is 6.07 Å². The summed E-state index contributed by atoms with van der Waals surface area (Å²) in [6.45, 7) is 3.91. The highest BCUT2D eigenvalue weighted by Gasteiger charge is 2.47. The second kappa shape index (κ2) is 8.06. The van der Waals surface area contributed by atoms with Crippen LogP contribution in [-0.4, -0.2) is 16.8 Å². The third-order valence-corrected chi connectivity index (χ3v) is 6.42. The first-order valence-corrected chi connectivity index (χ1v) is 10.9. The van der Waals surface area contributed by atoms with Gasteiger partial charge in [0.05, 0.1) is 11.6 Å². The van der Waals surface area contributed by atoms with Crippen LogP contribution >= 0.6 is 0 Å². The topological polar surface area (TPSA) is 57.6 Å². The lowest BCUT2D eigenvalue weighted by molar-refractivity contribution is -0.132. The molecule has 0 saturated carbocycles. The number of anilines is 1. The molecule has 162 valence electrons. The molecule has 5 rings (SSSR count). The van der Waals surface area contributed by atoms with Crippen molar-refractivity contribution in [1.82, 2.24) is 0 Å². The van der Waals surface area contributed by atoms with Crippen LogP contribution in [0.25, 0.3) is 16.5 Å². The van der Waals surface area contributed by atoms with Gasteiger partial charge in [-0.15, -0.1) is 0 Å². The fourth-order valence-corrected chi connectivity index (χ4v) is 4.52. The van der Waals surface area contributed by atoms with Crippen molar-refractivity contribution in [3.63, 3.8) is 0 Å². The molecule has 1 N–H and O–H groups in total. The zero-order valence-electron chi connectivity index (χ0n) is 18.4. The second-order valence-electron chi connectivity index (χ2n) is 8.36. The Hall–Kier alpha value is -4.18. The molecule has 1 atom stereocenters. The Balaban J connectivity index is 1.75. The van der Waals surface area contributed by atoms with Crippen molar-refractivity contribution in [2.45, 2.75) is 19.9 Å². The average molecular weight is 434 g/mol. The van der Waals surface area contributed by atoms with Crippen molar-refractivity contribution in [2.24, 2.45) is 0 Å². The van der Waals surface area contributed by atoms with E-state index in [0.717, 1.165) is 27.5 Å². The monoisotopic (exact) mass is 433 g/mol. The van der Waals surface area contributed by atoms with Gasteiger partial charge in [-0.3, -0.25) is 14.5 Å². The fourth-order valence-electron chi connectivity index (χ4n) is 4.52. The fraction of sp³-hybridized carbons (Fsp3) is 0.103. The first-order chi connectivity index (χ1) is 16.0. The molecule has 4 heteroatoms. The number of hydrogen-bond donors (Lipinski definition) is 1. The summed E-state index contributed by atoms with van der Waals surface area (Å²) in [5.74, 6) is -1.49. The largest absolute Gasteiger partial charge is 0.507 e. The van der Waals surface area contributed by atoms with Crippen LogP contribution in [-0.2, 0) is 9.59 Å². The van der Waals surface area contributed by atoms with Crippen molar-refractivity contribution in [1.29, 1.82) is 0 Å². The number of fused-ring (bicyclic) bond motifs is 1. The highest BCUT2D eigenvalue weighted by Crippen LogP contribution is 2.43. The summed E-state index contributed by atoms with van der Waals surface area (Å²) < 4.78 is 0. The number of benzene rings is 4. The lowest BCUT2D eigenvalue weighted by Gasteiger charge is -2.27. The van der Waals surface area contributed by atoms with Gasteiger partial charge in [0, 0.05) is 11.3 Å². The predicted octanol–water partition coefficient (Wildman–Crippen LogP) is 6.08. The summed E-state index contributed by atoms with van der Waals surface area (Å²) >= 11 is 0. The van der Waals surface area contributed by atoms with Gasteiger partial charge < -0.3 is 5.11 Å². The quantitative estimate of drug-likeness (QED) is 0.242. The standard InChI is InChI=1S/C29H23NO3/c1-18-9-8-14-24(19(18)2)30-26(21-11-4-3-5-12-21)25(28(32)29(30)33)27(31)23-16-15-20-10-6-7-13-22(20)17-23/h3-17,26,31H,1-2H3/b27-25-. The number of Topliss-reactive ketones (excluding diaryl/α,β-unsaturated/α-hetero) is 1. The number of carbonyl (C=O) groups excluding carboxylic acids is 2. The zero-order chi connectivity index (χ0) is 23.1. The molecule has 0 radical (unpaired) electrons. The van der Waals surface area contributed by atoms with Crippen molar-refractivity contribution < 1.29 is 14.7 Å². The van der Waals surface area contributed by atoms with Crippen molar-refractivity contribution >= 4 is 33.9 Å². The van der Waals surface area contributed by atoms with Gasteiger partial charge in [-0.1, -0.05) is 78.9 Å². The molecule has 0 spiro atoms. The number of aliphatic hydroxyl groups is 1. The summed E-state index contributed by atoms with van der Waals surface area (Å²) in [5.41, 5.74) is 3.99. The number of nitrogens with zero attached hydrogens (tertiary/aromatic N) is 1. The molecule has 1 fully saturated rings. The number of amides is 1. The minimum atomic E-state index is -0.724. The summed E-state index contributed by atoms with van der Waals surface area (Å²) in [6.07, 6.45) is 0. The van der Waals surface area contributed by atoms with Crippen molar-refractivity contribution in [2.75, 3.05) is 4.90 Å². The van der Waals surface area contributed by atoms with Crippen LogP contribution in [0.15, 0.2) is 96.6 Å². The number of aryl methyl sites for hydroxylation is 1. The van der Waals surface area contributed by atoms with E-state index in [0.29, 0.717) is 11.3 Å². The van der Waals surface area contributed by atoms with Gasteiger partial charge in [-0.25, -0.2) is 0 Å². The molecular weight excluding hydrogens is 410 g/mol. The van der Waals surface area contributed by atoms with Crippen molar-refractivity contribution in [3.8, 4) is 0 Å². The zero-order valence-corrected chi connectivity index (χ0v) is 18.4. The Morgan fingerprint density at radius 1 is 0.788 bits per heavy atom. The molecule has 4 nitrogen and oxygen atoms in total. The maximum absolute atomic E-state index is 13.3. The van der Waals surface area contributed by atoms with Crippen LogP contribution in [0.5, 0.6) is 0 Å². The lowest BCUT2D eigenvalue weighted by atomic mass is 9.94. The average Bonchev–Trinajstić information content (AvgIpc) is 3.11. The van der Waals surface area contributed by atoms with Gasteiger partial charge in [-0.05, 0) is 53.4 Å². The lowest BCUT2D eigenvalue weighted by Crippen LogP contribution is -2.30. The molecule has 1 saturated heterocycles. The highest BCUT2D eigenvalue weighted by molar-refractivity contribution is 6.51. The van der Waals surface area contributed by atoms with Gasteiger partial charge >= 0.3 is 0 Å². The Labute approximate surface area is 192 Å². The number of rotatable bonds is 3. The summed E-state index contributed by atoms with van der Waals surface area (Å²) in [5, 5.41) is 13.3. The van der Waals surface area contributed by atoms with E-state index in [2.05, 4.69) is 0 Å². The Morgan fingerprint density at radius 2 is 1.48 bits per heavy atom. The second-order valence-corrected chi connectivity index (χ2v) is 8.36. The Morgan fingerprint density at radius 3 is 2.24 bits per heavy atom. The molecular formula is C29H23NO3. The van der Waals surface area contributed by atoms with Crippen LogP contribution in [0.2, 0.25) is 0 Å². The van der Waals surface area contributed by atoms with E-state index in [-0.39, 0.29) is 11.3 Å². The summed E-state index contributed by atoms with van der Waals surface area (Å²) in [7, 11) is 0. The van der Waals surface area contributed by atoms with E-state index in [1.165, 1.54) is 4.90 Å². The maximum atomic E-state index is 13.3. The smallest absolute Gasteiger partial charge is 0.300 e. The van der Waals surface area contributed by atoms with Gasteiger partial charge in [-0.2, -0.15) is 0 Å². The molecule has 1 aliphatic heterocycles. The van der Waals surface area contributed by atoms with Crippen LogP contribution in [0.1, 0.15) is 28.3 Å². The number of aliphatic hydroxyl groups excluding tert-OH is 1. The number of ketones is 1. The van der Waals surface area contributed by atoms with Gasteiger partial charge in [0.25, 0.3) is 11.7 Å². The molecule has 4 aromatic rings. The third kappa shape index (κ3) is 3.40. The summed E-state index contributed by atoms with van der Waals surface area (Å²) in [6, 6.07) is 27.7. The third-order valence-electron chi connectivity index (χ3n) is 6.42. The van der Waals surface area contributed by atoms with E-state index in [1.807, 2.05) is 98.8 Å². The van der Waals surface area contributed by atoms with E-state index in [4.69, 9.17) is 0 Å². The molecule has 0 aliphatic carbocycles. The number of carbonyl (C=O) groups is 2. The molecule has 1 heterocycles. The molecule has 33 heavy (non-hydrogen) atoms. The molecule has 0 aromatic heterocycles. The maximum Gasteiger partial charge on any atom is 0.300 e. The van der Waals surface area contributed by atoms with Gasteiger partial charge in [0.15, 0.2) is 0 Å².